The summed E-state index contributed by atoms with van der Waals surface area (Å²) in [5, 5.41) is 15.2. The van der Waals surface area contributed by atoms with Gasteiger partial charge in [0.15, 0.2) is 5.75 Å². The van der Waals surface area contributed by atoms with Crippen LogP contribution in [0.1, 0.15) is 12.0 Å². The van der Waals surface area contributed by atoms with Gasteiger partial charge >= 0.3 is 6.03 Å². The van der Waals surface area contributed by atoms with Crippen molar-refractivity contribution in [1.29, 1.82) is 0 Å². The third kappa shape index (κ3) is 3.70. The minimum atomic E-state index is -0.673. The van der Waals surface area contributed by atoms with Gasteiger partial charge in [-0.25, -0.2) is 13.4 Å². The van der Waals surface area contributed by atoms with Gasteiger partial charge in [0.1, 0.15) is 16.0 Å². The summed E-state index contributed by atoms with van der Waals surface area (Å²) in [7, 11) is -0.173. The maximum Gasteiger partial charge on any atom is 0.323 e. The van der Waals surface area contributed by atoms with Crippen LogP contribution in [0.4, 0.5) is 20.6 Å². The van der Waals surface area contributed by atoms with Gasteiger partial charge in [0.05, 0.1) is 21.3 Å². The number of hydrogen-bond acceptors (Lipinski definition) is 3. The van der Waals surface area contributed by atoms with Crippen LogP contribution in [-0.4, -0.2) is 21.1 Å². The van der Waals surface area contributed by atoms with Gasteiger partial charge in [-0.05, 0) is 36.6 Å². The summed E-state index contributed by atoms with van der Waals surface area (Å²) in [5.41, 5.74) is 1.23. The maximum absolute atomic E-state index is 13.4. The fourth-order valence-electron chi connectivity index (χ4n) is 2.60. The highest BCUT2D eigenvalue weighted by Gasteiger charge is 2.21. The number of rotatable bonds is 2. The number of carbonyl (C=O) groups excluding carboxylic acids is 1. The summed E-state index contributed by atoms with van der Waals surface area (Å²) in [5.74, 6) is -0.0273. The molecule has 2 aromatic carbocycles. The van der Waals surface area contributed by atoms with Crippen molar-refractivity contribution in [3.8, 4) is 5.75 Å². The Kier molecular flexibility index (Phi) is 5.41. The van der Waals surface area contributed by atoms with Gasteiger partial charge in [-0.1, -0.05) is 33.2 Å². The molecule has 2 amide bonds. The molecule has 1 atom stereocenters. The Morgan fingerprint density at radius 3 is 2.76 bits per heavy atom. The van der Waals surface area contributed by atoms with E-state index in [1.807, 2.05) is 0 Å². The molecular weight excluding hydrogens is 387 g/mol. The number of benzene rings is 2. The molecular formula is C16H14ClFN2O3S2. The largest absolute Gasteiger partial charge is 0.505 e. The highest BCUT2D eigenvalue weighted by Crippen LogP contribution is 2.37. The van der Waals surface area contributed by atoms with Gasteiger partial charge in [-0.15, -0.1) is 0 Å². The lowest BCUT2D eigenvalue weighted by Gasteiger charge is -2.20. The van der Waals surface area contributed by atoms with E-state index in [0.29, 0.717) is 20.9 Å². The van der Waals surface area contributed by atoms with Gasteiger partial charge in [-0.2, -0.15) is 0 Å². The summed E-state index contributed by atoms with van der Waals surface area (Å²) in [6, 6.07) is 6.78. The average molecular weight is 401 g/mol. The zero-order chi connectivity index (χ0) is 18.0. The van der Waals surface area contributed by atoms with E-state index in [0.717, 1.165) is 18.4 Å². The second-order valence-electron chi connectivity index (χ2n) is 5.35. The Morgan fingerprint density at radius 2 is 2.00 bits per heavy atom. The third-order valence-electron chi connectivity index (χ3n) is 3.75. The van der Waals surface area contributed by atoms with Crippen molar-refractivity contribution in [2.45, 2.75) is 17.7 Å². The Labute approximate surface area is 153 Å². The van der Waals surface area contributed by atoms with E-state index in [-0.39, 0.29) is 22.1 Å². The molecule has 5 nitrogen and oxygen atoms in total. The molecule has 1 aliphatic heterocycles. The number of anilines is 2. The molecule has 3 rings (SSSR count). The molecule has 0 spiro atoms. The van der Waals surface area contributed by atoms with Crippen LogP contribution in [0.3, 0.4) is 0 Å². The predicted octanol–water partition coefficient (Wildman–Crippen LogP) is 3.88. The predicted molar refractivity (Wildman–Crippen MR) is 99.1 cm³/mol. The lowest BCUT2D eigenvalue weighted by molar-refractivity contribution is 0.262. The first-order valence-electron chi connectivity index (χ1n) is 7.39. The monoisotopic (exact) mass is 400 g/mol. The molecule has 9 heteroatoms. The van der Waals surface area contributed by atoms with Crippen molar-refractivity contribution in [1.82, 2.24) is 0 Å². The average Bonchev–Trinajstić information content (AvgIpc) is 2.61. The number of carbonyl (C=O) groups is 1. The summed E-state index contributed by atoms with van der Waals surface area (Å²) in [4.78, 5) is 12.7. The molecule has 2 aromatic rings. The zero-order valence-corrected chi connectivity index (χ0v) is 15.2. The molecule has 3 N–H and O–H groups in total. The number of phenolic OH excluding ortho intramolecular Hbond substituents is 1. The first kappa shape index (κ1) is 17.9. The van der Waals surface area contributed by atoms with Gasteiger partial charge < -0.3 is 15.7 Å². The summed E-state index contributed by atoms with van der Waals surface area (Å²) < 4.78 is 24.7. The number of urea groups is 1. The highest BCUT2D eigenvalue weighted by molar-refractivity contribution is 8.31. The molecule has 0 saturated carbocycles. The second kappa shape index (κ2) is 7.55. The van der Waals surface area contributed by atoms with Crippen molar-refractivity contribution in [3.63, 3.8) is 0 Å². The van der Waals surface area contributed by atoms with E-state index in [2.05, 4.69) is 10.6 Å². The third-order valence-corrected chi connectivity index (χ3v) is 7.36. The smallest absolute Gasteiger partial charge is 0.323 e. The standard InChI is InChI=1S/C16H14ClFN2O3S2/c17-13-10(18)4-1-5-11(13)19-16(22)20-12-7-6-9-3-2-8-25(24-23)15(9)14(12)21/h1,4-7,21H,2-3,8H2,(H2,19,20,22). The Bertz CT molecular complexity index is 916. The number of amides is 2. The normalized spacial score (nSPS) is 16.0. The number of halogens is 2. The molecule has 0 fully saturated rings. The number of hydrogen-bond donors (Lipinski definition) is 3. The molecule has 0 radical (unpaired) electrons. The van der Waals surface area contributed by atoms with Crippen LogP contribution in [0.15, 0.2) is 35.2 Å². The molecule has 25 heavy (non-hydrogen) atoms. The van der Waals surface area contributed by atoms with Crippen LogP contribution in [0.5, 0.6) is 5.75 Å². The number of phenols is 1. The molecule has 0 aliphatic carbocycles. The first-order chi connectivity index (χ1) is 12.0. The Hall–Kier alpha value is -1.90. The highest BCUT2D eigenvalue weighted by atomic mass is 35.5. The topological polar surface area (TPSA) is 78.4 Å². The van der Waals surface area contributed by atoms with E-state index in [4.69, 9.17) is 11.6 Å². The molecule has 0 saturated heterocycles. The molecule has 1 aliphatic rings. The van der Waals surface area contributed by atoms with Crippen molar-refractivity contribution in [2.75, 3.05) is 16.4 Å². The van der Waals surface area contributed by atoms with Crippen molar-refractivity contribution >= 4 is 48.7 Å². The van der Waals surface area contributed by atoms with Crippen LogP contribution < -0.4 is 10.6 Å². The van der Waals surface area contributed by atoms with Crippen molar-refractivity contribution < 1.29 is 18.5 Å². The number of aryl methyl sites for hydroxylation is 1. The maximum atomic E-state index is 13.4. The van der Waals surface area contributed by atoms with Crippen molar-refractivity contribution in [2.24, 2.45) is 0 Å². The van der Waals surface area contributed by atoms with E-state index < -0.39 is 21.3 Å². The molecule has 0 bridgehead atoms. The second-order valence-corrected chi connectivity index (χ2v) is 8.99. The fourth-order valence-corrected chi connectivity index (χ4v) is 5.63. The van der Waals surface area contributed by atoms with E-state index >= 15 is 0 Å². The van der Waals surface area contributed by atoms with Gasteiger partial charge in [0.25, 0.3) is 0 Å². The first-order valence-corrected chi connectivity index (χ1v) is 10.4. The molecule has 0 aromatic heterocycles. The molecule has 1 heterocycles. The minimum absolute atomic E-state index is 0.0932. The number of fused-ring (bicyclic) bond motifs is 1. The van der Waals surface area contributed by atoms with Gasteiger partial charge in [-0.3, -0.25) is 0 Å². The zero-order valence-electron chi connectivity index (χ0n) is 12.8. The van der Waals surface area contributed by atoms with Gasteiger partial charge in [0.2, 0.25) is 0 Å². The van der Waals surface area contributed by atoms with Crippen LogP contribution in [-0.2, 0) is 26.1 Å². The fraction of sp³-hybridized carbons (Fsp3) is 0.188. The summed E-state index contributed by atoms with van der Waals surface area (Å²) in [6.45, 7) is 0. The van der Waals surface area contributed by atoms with Gasteiger partial charge in [0, 0.05) is 5.75 Å². The SMILES string of the molecule is O=S=S1CCCc2ccc(NC(=O)Nc3cccc(F)c3Cl)c(O)c21. The van der Waals surface area contributed by atoms with Crippen LogP contribution in [0, 0.1) is 5.82 Å². The summed E-state index contributed by atoms with van der Waals surface area (Å²) in [6.07, 6.45) is 1.69. The van der Waals surface area contributed by atoms with E-state index in [9.17, 15) is 18.5 Å². The van der Waals surface area contributed by atoms with Crippen molar-refractivity contribution in [3.05, 3.63) is 46.7 Å². The lowest BCUT2D eigenvalue weighted by atomic mass is 10.1. The van der Waals surface area contributed by atoms with E-state index in [1.165, 1.54) is 18.2 Å². The quantitative estimate of drug-likeness (QED) is 0.669. The van der Waals surface area contributed by atoms with E-state index in [1.54, 1.807) is 12.1 Å². The van der Waals surface area contributed by atoms with Crippen LogP contribution >= 0.6 is 11.6 Å². The minimum Gasteiger partial charge on any atom is -0.505 e. The van der Waals surface area contributed by atoms with Crippen LogP contribution in [0.2, 0.25) is 5.02 Å². The Balaban J connectivity index is 1.85. The van der Waals surface area contributed by atoms with Crippen LogP contribution in [0.25, 0.3) is 0 Å². The number of aromatic hydroxyl groups is 1. The lowest BCUT2D eigenvalue weighted by Crippen LogP contribution is -2.20. The Morgan fingerprint density at radius 1 is 1.24 bits per heavy atom. The number of nitrogens with one attached hydrogen (secondary N) is 2. The molecule has 1 unspecified atom stereocenters. The summed E-state index contributed by atoms with van der Waals surface area (Å²) >= 11 is 5.80. The molecule has 132 valence electrons.